The molecule has 0 bridgehead atoms. The third-order valence-electron chi connectivity index (χ3n) is 4.69. The van der Waals surface area contributed by atoms with Gasteiger partial charge in [0.2, 0.25) is 0 Å². The molecule has 1 unspecified atom stereocenters. The number of Topliss-reactive ketones (excluding diaryl/α,β-unsaturated/α-hetero) is 1. The Morgan fingerprint density at radius 1 is 1.42 bits per heavy atom. The molecule has 0 aliphatic carbocycles. The van der Waals surface area contributed by atoms with E-state index in [0.717, 1.165) is 48.7 Å². The molecular weight excluding hydrogens is 318 g/mol. The first-order chi connectivity index (χ1) is 11.7. The Morgan fingerprint density at radius 2 is 2.33 bits per heavy atom. The lowest BCUT2D eigenvalue weighted by Crippen LogP contribution is -2.38. The monoisotopic (exact) mass is 339 g/mol. The zero-order valence-corrected chi connectivity index (χ0v) is 14.6. The highest BCUT2D eigenvalue weighted by atomic mass is 32.1. The molecule has 1 atom stereocenters. The van der Waals surface area contributed by atoms with Gasteiger partial charge in [0.25, 0.3) is 0 Å². The van der Waals surface area contributed by atoms with E-state index in [2.05, 4.69) is 40.8 Å². The maximum atomic E-state index is 12.6. The summed E-state index contributed by atoms with van der Waals surface area (Å²) in [6, 6.07) is 8.09. The number of aromatic nitrogens is 2. The fourth-order valence-corrected chi connectivity index (χ4v) is 4.22. The van der Waals surface area contributed by atoms with Crippen LogP contribution >= 0.6 is 11.3 Å². The largest absolute Gasteiger partial charge is 0.307 e. The van der Waals surface area contributed by atoms with Crippen LogP contribution in [-0.2, 0) is 6.54 Å². The van der Waals surface area contributed by atoms with E-state index in [9.17, 15) is 4.79 Å². The minimum Gasteiger partial charge on any atom is -0.307 e. The Labute approximate surface area is 145 Å². The van der Waals surface area contributed by atoms with Gasteiger partial charge in [-0.2, -0.15) is 0 Å². The average molecular weight is 339 g/mol. The lowest BCUT2D eigenvalue weighted by atomic mass is 9.93. The third kappa shape index (κ3) is 3.14. The van der Waals surface area contributed by atoms with Crippen molar-refractivity contribution in [2.24, 2.45) is 5.92 Å². The first-order valence-corrected chi connectivity index (χ1v) is 9.31. The number of carbonyl (C=O) groups excluding carboxylic acids is 1. The van der Waals surface area contributed by atoms with E-state index in [1.54, 1.807) is 11.3 Å². The van der Waals surface area contributed by atoms with Crippen LogP contribution in [0.3, 0.4) is 0 Å². The number of nitrogens with zero attached hydrogens (tertiary/aromatic N) is 3. The summed E-state index contributed by atoms with van der Waals surface area (Å²) >= 11 is 1.55. The van der Waals surface area contributed by atoms with E-state index >= 15 is 0 Å². The van der Waals surface area contributed by atoms with Gasteiger partial charge in [-0.05, 0) is 55.5 Å². The molecule has 0 aromatic carbocycles. The Morgan fingerprint density at radius 3 is 3.17 bits per heavy atom. The zero-order chi connectivity index (χ0) is 16.5. The number of carbonyl (C=O) groups is 1. The summed E-state index contributed by atoms with van der Waals surface area (Å²) in [7, 11) is 0. The Kier molecular flexibility index (Phi) is 4.21. The summed E-state index contributed by atoms with van der Waals surface area (Å²) in [6.45, 7) is 4.78. The van der Waals surface area contributed by atoms with E-state index in [4.69, 9.17) is 4.98 Å². The first-order valence-electron chi connectivity index (χ1n) is 8.43. The second-order valence-electron chi connectivity index (χ2n) is 6.62. The molecule has 0 saturated carbocycles. The van der Waals surface area contributed by atoms with Crippen molar-refractivity contribution in [1.82, 2.24) is 14.3 Å². The first kappa shape index (κ1) is 15.5. The van der Waals surface area contributed by atoms with Crippen molar-refractivity contribution >= 4 is 22.8 Å². The molecule has 5 heteroatoms. The number of hydrogen-bond acceptors (Lipinski definition) is 4. The van der Waals surface area contributed by atoms with Crippen molar-refractivity contribution in [2.45, 2.75) is 26.3 Å². The highest BCUT2D eigenvalue weighted by Gasteiger charge is 2.27. The second kappa shape index (κ2) is 6.49. The van der Waals surface area contributed by atoms with E-state index in [1.807, 2.05) is 17.5 Å². The van der Waals surface area contributed by atoms with Crippen molar-refractivity contribution < 1.29 is 4.79 Å². The number of pyridine rings is 1. The quantitative estimate of drug-likeness (QED) is 0.679. The number of rotatable bonds is 4. The highest BCUT2D eigenvalue weighted by molar-refractivity contribution is 7.12. The molecule has 4 heterocycles. The number of hydrogen-bond donors (Lipinski definition) is 0. The highest BCUT2D eigenvalue weighted by Crippen LogP contribution is 2.24. The lowest BCUT2D eigenvalue weighted by molar-refractivity contribution is 0.0814. The molecule has 3 aromatic rings. The second-order valence-corrected chi connectivity index (χ2v) is 7.57. The van der Waals surface area contributed by atoms with Gasteiger partial charge < -0.3 is 4.40 Å². The van der Waals surface area contributed by atoms with Crippen molar-refractivity contribution in [3.63, 3.8) is 0 Å². The van der Waals surface area contributed by atoms with Crippen LogP contribution in [0.25, 0.3) is 5.65 Å². The normalized spacial score (nSPS) is 19.0. The summed E-state index contributed by atoms with van der Waals surface area (Å²) in [5.74, 6) is 0.428. The molecular formula is C19H21N3OS. The molecule has 0 spiro atoms. The average Bonchev–Trinajstić information content (AvgIpc) is 3.23. The van der Waals surface area contributed by atoms with Gasteiger partial charge in [0, 0.05) is 31.4 Å². The molecule has 124 valence electrons. The van der Waals surface area contributed by atoms with Crippen molar-refractivity contribution in [2.75, 3.05) is 13.1 Å². The Hall–Kier alpha value is -1.98. The smallest absolute Gasteiger partial charge is 0.177 e. The third-order valence-corrected chi connectivity index (χ3v) is 5.58. The van der Waals surface area contributed by atoms with Crippen LogP contribution in [0, 0.1) is 12.8 Å². The van der Waals surface area contributed by atoms with Crippen LogP contribution < -0.4 is 0 Å². The number of fused-ring (bicyclic) bond motifs is 1. The van der Waals surface area contributed by atoms with Gasteiger partial charge in [-0.15, -0.1) is 11.3 Å². The van der Waals surface area contributed by atoms with Gasteiger partial charge in [0.1, 0.15) is 5.65 Å². The van der Waals surface area contributed by atoms with Crippen molar-refractivity contribution in [1.29, 1.82) is 0 Å². The summed E-state index contributed by atoms with van der Waals surface area (Å²) in [6.07, 6.45) is 6.23. The van der Waals surface area contributed by atoms with E-state index in [-0.39, 0.29) is 5.92 Å². The zero-order valence-electron chi connectivity index (χ0n) is 13.8. The Balaban J connectivity index is 1.46. The molecule has 1 saturated heterocycles. The van der Waals surface area contributed by atoms with Crippen LogP contribution in [0.2, 0.25) is 0 Å². The van der Waals surface area contributed by atoms with Crippen molar-refractivity contribution in [3.8, 4) is 0 Å². The molecule has 1 aliphatic rings. The summed E-state index contributed by atoms with van der Waals surface area (Å²) in [5.41, 5.74) is 3.29. The number of thiophene rings is 1. The predicted octanol–water partition coefficient (Wildman–Crippen LogP) is 3.80. The summed E-state index contributed by atoms with van der Waals surface area (Å²) in [5, 5.41) is 1.98. The number of likely N-dealkylation sites (tertiary alicyclic amines) is 1. The molecule has 4 nitrogen and oxygen atoms in total. The van der Waals surface area contributed by atoms with Crippen LogP contribution in [0.1, 0.15) is 33.8 Å². The standard InChI is InChI=1S/C19H21N3OS/c1-14-6-8-22-13-16(20-18(22)10-14)12-21-7-2-4-15(11-21)19(23)17-5-3-9-24-17/h3,5-6,8-10,13,15H,2,4,7,11-12H2,1H3. The maximum Gasteiger partial charge on any atom is 0.177 e. The van der Waals surface area contributed by atoms with Gasteiger partial charge in [0.15, 0.2) is 5.78 Å². The lowest BCUT2D eigenvalue weighted by Gasteiger charge is -2.31. The topological polar surface area (TPSA) is 37.6 Å². The molecule has 24 heavy (non-hydrogen) atoms. The van der Waals surface area contributed by atoms with Gasteiger partial charge in [-0.25, -0.2) is 4.98 Å². The number of piperidine rings is 1. The van der Waals surface area contributed by atoms with Crippen LogP contribution in [0.4, 0.5) is 0 Å². The minimum absolute atomic E-state index is 0.122. The van der Waals surface area contributed by atoms with E-state index in [1.165, 1.54) is 5.56 Å². The van der Waals surface area contributed by atoms with Crippen LogP contribution in [0.5, 0.6) is 0 Å². The molecule has 0 N–H and O–H groups in total. The minimum atomic E-state index is 0.122. The number of ketones is 1. The summed E-state index contributed by atoms with van der Waals surface area (Å²) < 4.78 is 2.07. The molecule has 4 rings (SSSR count). The van der Waals surface area contributed by atoms with E-state index < -0.39 is 0 Å². The van der Waals surface area contributed by atoms with Gasteiger partial charge in [-0.1, -0.05) is 6.07 Å². The molecule has 1 aliphatic heterocycles. The fraction of sp³-hybridized carbons (Fsp3) is 0.368. The molecule has 1 fully saturated rings. The summed E-state index contributed by atoms with van der Waals surface area (Å²) in [4.78, 5) is 20.6. The van der Waals surface area contributed by atoms with Gasteiger partial charge in [0.05, 0.1) is 10.6 Å². The number of aryl methyl sites for hydroxylation is 1. The SMILES string of the molecule is Cc1ccn2cc(CN3CCCC(C(=O)c4cccs4)C3)nc2c1. The van der Waals surface area contributed by atoms with Crippen molar-refractivity contribution in [3.05, 3.63) is 58.2 Å². The molecule has 3 aromatic heterocycles. The molecule has 0 amide bonds. The molecule has 0 radical (unpaired) electrons. The van der Waals surface area contributed by atoms with Crippen LogP contribution in [0.15, 0.2) is 42.0 Å². The fourth-order valence-electron chi connectivity index (χ4n) is 3.47. The number of imidazole rings is 1. The Bertz CT molecular complexity index is 853. The maximum absolute atomic E-state index is 12.6. The van der Waals surface area contributed by atoms with Gasteiger partial charge >= 0.3 is 0 Å². The van der Waals surface area contributed by atoms with Gasteiger partial charge in [-0.3, -0.25) is 9.69 Å². The van der Waals surface area contributed by atoms with E-state index in [0.29, 0.717) is 5.78 Å². The van der Waals surface area contributed by atoms with Crippen LogP contribution in [-0.4, -0.2) is 33.2 Å². The predicted molar refractivity (Wildman–Crippen MR) is 96.6 cm³/mol.